The van der Waals surface area contributed by atoms with E-state index in [9.17, 15) is 0 Å². The molecule has 0 spiro atoms. The van der Waals surface area contributed by atoms with E-state index in [1.165, 1.54) is 0 Å². The van der Waals surface area contributed by atoms with E-state index in [-0.39, 0.29) is 0 Å². The number of allylic oxidation sites excluding steroid dienone is 3. The highest BCUT2D eigenvalue weighted by Crippen LogP contribution is 2.10. The van der Waals surface area contributed by atoms with Crippen molar-refractivity contribution in [2.75, 3.05) is 13.4 Å². The van der Waals surface area contributed by atoms with Gasteiger partial charge in [-0.1, -0.05) is 6.08 Å². The van der Waals surface area contributed by atoms with E-state index in [1.807, 2.05) is 13.0 Å². The molecule has 1 aliphatic rings. The van der Waals surface area contributed by atoms with Crippen LogP contribution in [0.4, 0.5) is 0 Å². The maximum Gasteiger partial charge on any atom is 0.188 e. The standard InChI is InChI=1S/C9H14O2/c1-2-10-8-11-9-6-4-3-5-7-9/h4,6-7H,2-3,5,8H2,1H3. The molecule has 62 valence electrons. The molecule has 0 aromatic heterocycles. The van der Waals surface area contributed by atoms with Crippen LogP contribution >= 0.6 is 0 Å². The molecule has 0 atom stereocenters. The van der Waals surface area contributed by atoms with Gasteiger partial charge in [-0.25, -0.2) is 0 Å². The summed E-state index contributed by atoms with van der Waals surface area (Å²) in [6, 6.07) is 0. The lowest BCUT2D eigenvalue weighted by atomic mass is 10.2. The molecule has 0 amide bonds. The zero-order valence-corrected chi connectivity index (χ0v) is 6.88. The van der Waals surface area contributed by atoms with Crippen LogP contribution in [0.5, 0.6) is 0 Å². The van der Waals surface area contributed by atoms with E-state index < -0.39 is 0 Å². The highest BCUT2D eigenvalue weighted by Gasteiger charge is 1.96. The molecule has 0 bridgehead atoms. The minimum absolute atomic E-state index is 0.368. The molecule has 2 heteroatoms. The number of ether oxygens (including phenoxy) is 2. The predicted octanol–water partition coefficient (Wildman–Crippen LogP) is 2.23. The van der Waals surface area contributed by atoms with Gasteiger partial charge in [-0.3, -0.25) is 0 Å². The summed E-state index contributed by atoms with van der Waals surface area (Å²) >= 11 is 0. The summed E-state index contributed by atoms with van der Waals surface area (Å²) in [4.78, 5) is 0. The molecule has 1 aliphatic carbocycles. The zero-order valence-electron chi connectivity index (χ0n) is 6.88. The molecule has 0 aliphatic heterocycles. The van der Waals surface area contributed by atoms with Crippen LogP contribution in [0, 0.1) is 0 Å². The fourth-order valence-corrected chi connectivity index (χ4v) is 0.889. The van der Waals surface area contributed by atoms with Crippen LogP contribution in [0.25, 0.3) is 0 Å². The molecule has 0 saturated heterocycles. The average Bonchev–Trinajstić information content (AvgIpc) is 2.07. The normalized spacial score (nSPS) is 16.3. The van der Waals surface area contributed by atoms with Crippen molar-refractivity contribution in [3.63, 3.8) is 0 Å². The van der Waals surface area contributed by atoms with E-state index >= 15 is 0 Å². The molecule has 0 radical (unpaired) electrons. The van der Waals surface area contributed by atoms with Crippen LogP contribution in [0.2, 0.25) is 0 Å². The number of rotatable bonds is 4. The maximum absolute atomic E-state index is 5.28. The molecule has 0 aromatic carbocycles. The van der Waals surface area contributed by atoms with Crippen molar-refractivity contribution in [3.8, 4) is 0 Å². The molecular weight excluding hydrogens is 140 g/mol. The van der Waals surface area contributed by atoms with E-state index in [0.29, 0.717) is 13.4 Å². The fourth-order valence-electron chi connectivity index (χ4n) is 0.889. The van der Waals surface area contributed by atoms with Gasteiger partial charge in [-0.2, -0.15) is 0 Å². The van der Waals surface area contributed by atoms with Crippen molar-refractivity contribution in [2.24, 2.45) is 0 Å². The summed E-state index contributed by atoms with van der Waals surface area (Å²) in [5.41, 5.74) is 0. The fraction of sp³-hybridized carbons (Fsp3) is 0.556. The van der Waals surface area contributed by atoms with Crippen LogP contribution in [0.15, 0.2) is 24.0 Å². The third-order valence-electron chi connectivity index (χ3n) is 1.47. The number of hydrogen-bond acceptors (Lipinski definition) is 2. The van der Waals surface area contributed by atoms with Crippen LogP contribution in [0.3, 0.4) is 0 Å². The summed E-state index contributed by atoms with van der Waals surface area (Å²) in [6.45, 7) is 3.03. The minimum Gasteiger partial charge on any atom is -0.468 e. The summed E-state index contributed by atoms with van der Waals surface area (Å²) in [6.07, 6.45) is 8.39. The molecule has 11 heavy (non-hydrogen) atoms. The van der Waals surface area contributed by atoms with Crippen LogP contribution in [-0.4, -0.2) is 13.4 Å². The second kappa shape index (κ2) is 4.97. The first-order valence-electron chi connectivity index (χ1n) is 4.00. The topological polar surface area (TPSA) is 18.5 Å². The minimum atomic E-state index is 0.368. The Morgan fingerprint density at radius 2 is 2.36 bits per heavy atom. The van der Waals surface area contributed by atoms with E-state index in [1.54, 1.807) is 0 Å². The summed E-state index contributed by atoms with van der Waals surface area (Å²) in [5.74, 6) is 0.935. The molecule has 0 heterocycles. The van der Waals surface area contributed by atoms with Crippen molar-refractivity contribution in [1.82, 2.24) is 0 Å². The van der Waals surface area contributed by atoms with E-state index in [2.05, 4.69) is 12.2 Å². The molecule has 0 saturated carbocycles. The van der Waals surface area contributed by atoms with E-state index in [4.69, 9.17) is 9.47 Å². The molecule has 2 nitrogen and oxygen atoms in total. The largest absolute Gasteiger partial charge is 0.468 e. The Morgan fingerprint density at radius 3 is 3.00 bits per heavy atom. The first kappa shape index (κ1) is 8.34. The van der Waals surface area contributed by atoms with Gasteiger partial charge in [0, 0.05) is 6.61 Å². The van der Waals surface area contributed by atoms with E-state index in [0.717, 1.165) is 18.6 Å². The van der Waals surface area contributed by atoms with Crippen LogP contribution < -0.4 is 0 Å². The second-order valence-corrected chi connectivity index (χ2v) is 2.34. The summed E-state index contributed by atoms with van der Waals surface area (Å²) in [7, 11) is 0. The third-order valence-corrected chi connectivity index (χ3v) is 1.47. The third kappa shape index (κ3) is 3.23. The Labute approximate surface area is 67.5 Å². The van der Waals surface area contributed by atoms with Crippen molar-refractivity contribution < 1.29 is 9.47 Å². The lowest BCUT2D eigenvalue weighted by Crippen LogP contribution is -1.99. The van der Waals surface area contributed by atoms with Crippen molar-refractivity contribution in [1.29, 1.82) is 0 Å². The highest BCUT2D eigenvalue weighted by atomic mass is 16.7. The van der Waals surface area contributed by atoms with Gasteiger partial charge >= 0.3 is 0 Å². The van der Waals surface area contributed by atoms with Crippen molar-refractivity contribution >= 4 is 0 Å². The van der Waals surface area contributed by atoms with Gasteiger partial charge in [0.15, 0.2) is 6.79 Å². The Hall–Kier alpha value is -0.760. The second-order valence-electron chi connectivity index (χ2n) is 2.34. The quantitative estimate of drug-likeness (QED) is 0.456. The molecule has 1 rings (SSSR count). The Bertz CT molecular complexity index is 159. The molecule has 0 unspecified atom stereocenters. The van der Waals surface area contributed by atoms with Gasteiger partial charge in [-0.15, -0.1) is 0 Å². The van der Waals surface area contributed by atoms with Crippen LogP contribution in [-0.2, 0) is 9.47 Å². The molecule has 0 fully saturated rings. The molecule has 0 aromatic rings. The molecular formula is C9H14O2. The Kier molecular flexibility index (Phi) is 3.76. The maximum atomic E-state index is 5.28. The SMILES string of the molecule is CCOCOC1=CCCC=C1. The average molecular weight is 154 g/mol. The lowest BCUT2D eigenvalue weighted by Gasteiger charge is -2.08. The van der Waals surface area contributed by atoms with Gasteiger partial charge in [0.05, 0.1) is 0 Å². The Balaban J connectivity index is 2.15. The van der Waals surface area contributed by atoms with Gasteiger partial charge < -0.3 is 9.47 Å². The van der Waals surface area contributed by atoms with Gasteiger partial charge in [0.2, 0.25) is 0 Å². The van der Waals surface area contributed by atoms with Crippen molar-refractivity contribution in [2.45, 2.75) is 19.8 Å². The first-order chi connectivity index (χ1) is 5.43. The zero-order chi connectivity index (χ0) is 7.94. The monoisotopic (exact) mass is 154 g/mol. The lowest BCUT2D eigenvalue weighted by molar-refractivity contribution is -0.0141. The first-order valence-corrected chi connectivity index (χ1v) is 4.00. The predicted molar refractivity (Wildman–Crippen MR) is 44.0 cm³/mol. The van der Waals surface area contributed by atoms with Crippen molar-refractivity contribution in [3.05, 3.63) is 24.0 Å². The Morgan fingerprint density at radius 1 is 1.45 bits per heavy atom. The van der Waals surface area contributed by atoms with Gasteiger partial charge in [0.25, 0.3) is 0 Å². The number of hydrogen-bond donors (Lipinski definition) is 0. The van der Waals surface area contributed by atoms with Gasteiger partial charge in [0.1, 0.15) is 5.76 Å². The summed E-state index contributed by atoms with van der Waals surface area (Å²) < 4.78 is 10.3. The highest BCUT2D eigenvalue weighted by molar-refractivity contribution is 5.15. The van der Waals surface area contributed by atoms with Crippen LogP contribution in [0.1, 0.15) is 19.8 Å². The van der Waals surface area contributed by atoms with Gasteiger partial charge in [-0.05, 0) is 31.9 Å². The smallest absolute Gasteiger partial charge is 0.188 e. The summed E-state index contributed by atoms with van der Waals surface area (Å²) in [5, 5.41) is 0. The molecule has 0 N–H and O–H groups in total.